The predicted molar refractivity (Wildman–Crippen MR) is 138 cm³/mol. The Morgan fingerprint density at radius 3 is 1.62 bits per heavy atom. The second-order valence-electron chi connectivity index (χ2n) is 8.11. The Bertz CT molecular complexity index is 1160. The van der Waals surface area contributed by atoms with Crippen LogP contribution in [0.3, 0.4) is 0 Å². The molecule has 0 aliphatic heterocycles. The van der Waals surface area contributed by atoms with Crippen LogP contribution in [0.1, 0.15) is 22.3 Å². The third-order valence-electron chi connectivity index (χ3n) is 5.94. The highest BCUT2D eigenvalue weighted by atomic mass is 79.9. The molecule has 34 heavy (non-hydrogen) atoms. The Balaban J connectivity index is 1.84. The number of benzene rings is 4. The zero-order valence-electron chi connectivity index (χ0n) is 18.5. The van der Waals surface area contributed by atoms with E-state index in [1.807, 2.05) is 115 Å². The van der Waals surface area contributed by atoms with E-state index >= 15 is 0 Å². The van der Waals surface area contributed by atoms with Gasteiger partial charge in [-0.05, 0) is 34.4 Å². The largest absolute Gasteiger partial charge is 0.368 e. The van der Waals surface area contributed by atoms with Gasteiger partial charge < -0.3 is 11.1 Å². The van der Waals surface area contributed by atoms with Gasteiger partial charge >= 0.3 is 0 Å². The maximum atomic E-state index is 14.3. The van der Waals surface area contributed by atoms with Gasteiger partial charge in [0.1, 0.15) is 11.5 Å². The molecule has 0 aliphatic rings. The number of carbonyl (C=O) groups excluding carboxylic acids is 2. The van der Waals surface area contributed by atoms with Crippen LogP contribution in [0.2, 0.25) is 0 Å². The van der Waals surface area contributed by atoms with Crippen molar-refractivity contribution in [3.63, 3.8) is 0 Å². The summed E-state index contributed by atoms with van der Waals surface area (Å²) < 4.78 is 0.895. The lowest BCUT2D eigenvalue weighted by Gasteiger charge is -2.35. The molecule has 0 saturated carbocycles. The normalized spacial score (nSPS) is 12.0. The minimum Gasteiger partial charge on any atom is -0.368 e. The summed E-state index contributed by atoms with van der Waals surface area (Å²) in [6.07, 6.45) is 0.287. The first-order valence-corrected chi connectivity index (χ1v) is 11.8. The summed E-state index contributed by atoms with van der Waals surface area (Å²) in [6.45, 7) is 0. The molecule has 170 valence electrons. The highest BCUT2D eigenvalue weighted by Gasteiger charge is 2.44. The molecular weight excluding hydrogens is 488 g/mol. The number of halogens is 1. The van der Waals surface area contributed by atoms with E-state index < -0.39 is 17.4 Å². The molecule has 4 nitrogen and oxygen atoms in total. The van der Waals surface area contributed by atoms with Crippen LogP contribution in [-0.2, 0) is 21.4 Å². The molecule has 4 aromatic rings. The summed E-state index contributed by atoms with van der Waals surface area (Å²) in [5, 5.41) is 2.99. The first-order chi connectivity index (χ1) is 16.5. The molecule has 0 fully saturated rings. The number of primary amides is 1. The molecule has 0 bridgehead atoms. The van der Waals surface area contributed by atoms with Gasteiger partial charge in [0.15, 0.2) is 0 Å². The van der Waals surface area contributed by atoms with E-state index in [9.17, 15) is 9.59 Å². The van der Waals surface area contributed by atoms with Crippen LogP contribution >= 0.6 is 15.9 Å². The van der Waals surface area contributed by atoms with E-state index in [2.05, 4.69) is 21.2 Å². The van der Waals surface area contributed by atoms with Crippen LogP contribution in [0, 0.1) is 0 Å². The molecule has 1 atom stereocenters. The van der Waals surface area contributed by atoms with Gasteiger partial charge in [-0.25, -0.2) is 0 Å². The highest BCUT2D eigenvalue weighted by molar-refractivity contribution is 9.10. The zero-order chi connectivity index (χ0) is 24.0. The molecular formula is C29H25BrN2O2. The Morgan fingerprint density at radius 1 is 0.735 bits per heavy atom. The number of amides is 2. The minimum atomic E-state index is -1.17. The topological polar surface area (TPSA) is 72.2 Å². The lowest BCUT2D eigenvalue weighted by atomic mass is 9.68. The SMILES string of the molecule is NC(=O)[C@H](Cc1cccc(Br)c1)NC(=O)C(c1ccccc1)(c1ccccc1)c1ccccc1. The van der Waals surface area contributed by atoms with Crippen molar-refractivity contribution in [3.8, 4) is 0 Å². The summed E-state index contributed by atoms with van der Waals surface area (Å²) in [5.74, 6) is -0.897. The second-order valence-corrected chi connectivity index (χ2v) is 9.03. The van der Waals surface area contributed by atoms with Crippen LogP contribution in [0.25, 0.3) is 0 Å². The smallest absolute Gasteiger partial charge is 0.240 e. The fourth-order valence-corrected chi connectivity index (χ4v) is 4.79. The third-order valence-corrected chi connectivity index (χ3v) is 6.43. The number of rotatable bonds is 8. The zero-order valence-corrected chi connectivity index (χ0v) is 20.1. The maximum Gasteiger partial charge on any atom is 0.240 e. The fraction of sp³-hybridized carbons (Fsp3) is 0.103. The van der Waals surface area contributed by atoms with Crippen molar-refractivity contribution >= 4 is 27.7 Å². The lowest BCUT2D eigenvalue weighted by molar-refractivity contribution is -0.129. The van der Waals surface area contributed by atoms with Crippen LogP contribution in [0.4, 0.5) is 0 Å². The molecule has 2 amide bonds. The first kappa shape index (κ1) is 23.5. The molecule has 0 heterocycles. The van der Waals surface area contributed by atoms with E-state index in [0.29, 0.717) is 0 Å². The Labute approximate surface area is 208 Å². The average Bonchev–Trinajstić information content (AvgIpc) is 2.86. The van der Waals surface area contributed by atoms with Gasteiger partial charge in [-0.3, -0.25) is 9.59 Å². The molecule has 0 saturated heterocycles. The molecule has 5 heteroatoms. The van der Waals surface area contributed by atoms with Gasteiger partial charge in [-0.1, -0.05) is 119 Å². The number of hydrogen-bond donors (Lipinski definition) is 2. The van der Waals surface area contributed by atoms with Crippen LogP contribution in [0.5, 0.6) is 0 Å². The van der Waals surface area contributed by atoms with Crippen LogP contribution in [0.15, 0.2) is 120 Å². The molecule has 0 aromatic heterocycles. The van der Waals surface area contributed by atoms with Crippen molar-refractivity contribution < 1.29 is 9.59 Å². The lowest BCUT2D eigenvalue weighted by Crippen LogP contribution is -2.54. The number of nitrogens with two attached hydrogens (primary N) is 1. The molecule has 0 unspecified atom stereocenters. The van der Waals surface area contributed by atoms with Crippen LogP contribution in [-0.4, -0.2) is 17.9 Å². The van der Waals surface area contributed by atoms with Gasteiger partial charge in [-0.2, -0.15) is 0 Å². The molecule has 4 rings (SSSR count). The monoisotopic (exact) mass is 512 g/mol. The fourth-order valence-electron chi connectivity index (χ4n) is 4.35. The predicted octanol–water partition coefficient (Wildman–Crippen LogP) is 5.00. The maximum absolute atomic E-state index is 14.3. The molecule has 4 aromatic carbocycles. The van der Waals surface area contributed by atoms with Crippen LogP contribution < -0.4 is 11.1 Å². The van der Waals surface area contributed by atoms with Crippen molar-refractivity contribution in [3.05, 3.63) is 142 Å². The number of carbonyl (C=O) groups is 2. The van der Waals surface area contributed by atoms with Crippen molar-refractivity contribution in [2.75, 3.05) is 0 Å². The van der Waals surface area contributed by atoms with Gasteiger partial charge in [-0.15, -0.1) is 0 Å². The average molecular weight is 513 g/mol. The molecule has 0 aliphatic carbocycles. The van der Waals surface area contributed by atoms with Gasteiger partial charge in [0.25, 0.3) is 0 Å². The van der Waals surface area contributed by atoms with Crippen molar-refractivity contribution in [2.24, 2.45) is 5.73 Å². The van der Waals surface area contributed by atoms with Crippen molar-refractivity contribution in [1.29, 1.82) is 0 Å². The van der Waals surface area contributed by atoms with Crippen molar-refractivity contribution in [1.82, 2.24) is 5.32 Å². The quantitative estimate of drug-likeness (QED) is 0.326. The standard InChI is InChI=1S/C29H25BrN2O2/c30-25-18-10-11-21(19-25)20-26(27(31)33)32-28(34)29(22-12-4-1-5-13-22,23-14-6-2-7-15-23)24-16-8-3-9-17-24/h1-19,26H,20H2,(H2,31,33)(H,32,34)/t26-/m0/s1. The highest BCUT2D eigenvalue weighted by Crippen LogP contribution is 2.39. The number of hydrogen-bond acceptors (Lipinski definition) is 2. The summed E-state index contributed by atoms with van der Waals surface area (Å²) in [5.41, 5.74) is 7.89. The first-order valence-electron chi connectivity index (χ1n) is 11.0. The Morgan fingerprint density at radius 2 is 1.21 bits per heavy atom. The third kappa shape index (κ3) is 4.80. The Kier molecular flexibility index (Phi) is 7.24. The van der Waals surface area contributed by atoms with E-state index in [1.165, 1.54) is 0 Å². The molecule has 0 spiro atoms. The van der Waals surface area contributed by atoms with E-state index in [-0.39, 0.29) is 12.3 Å². The summed E-state index contributed by atoms with van der Waals surface area (Å²) >= 11 is 3.46. The number of nitrogens with one attached hydrogen (secondary N) is 1. The van der Waals surface area contributed by atoms with Gasteiger partial charge in [0.2, 0.25) is 11.8 Å². The van der Waals surface area contributed by atoms with E-state index in [4.69, 9.17) is 5.73 Å². The summed E-state index contributed by atoms with van der Waals surface area (Å²) in [6, 6.07) is 35.6. The summed E-state index contributed by atoms with van der Waals surface area (Å²) in [4.78, 5) is 26.8. The Hall–Kier alpha value is -3.70. The van der Waals surface area contributed by atoms with E-state index in [0.717, 1.165) is 26.7 Å². The van der Waals surface area contributed by atoms with E-state index in [1.54, 1.807) is 0 Å². The second kappa shape index (κ2) is 10.5. The van der Waals surface area contributed by atoms with Gasteiger partial charge in [0, 0.05) is 10.9 Å². The minimum absolute atomic E-state index is 0.287. The van der Waals surface area contributed by atoms with Crippen molar-refractivity contribution in [2.45, 2.75) is 17.9 Å². The molecule has 3 N–H and O–H groups in total. The van der Waals surface area contributed by atoms with Gasteiger partial charge in [0.05, 0.1) is 0 Å². The molecule has 0 radical (unpaired) electrons. The summed E-state index contributed by atoms with van der Waals surface area (Å²) in [7, 11) is 0.